The summed E-state index contributed by atoms with van der Waals surface area (Å²) in [5.41, 5.74) is 4.75. The zero-order chi connectivity index (χ0) is 22.1. The molecule has 4 nitrogen and oxygen atoms in total. The monoisotopic (exact) mass is 406 g/mol. The summed E-state index contributed by atoms with van der Waals surface area (Å²) in [5.74, 6) is 0.923. The summed E-state index contributed by atoms with van der Waals surface area (Å²) in [4.78, 5) is 15.0. The summed E-state index contributed by atoms with van der Waals surface area (Å²) in [6.07, 6.45) is 0.705. The first-order valence-electron chi connectivity index (χ1n) is 10.8. The normalized spacial score (nSPS) is 23.5. The maximum Gasteiger partial charge on any atom is 0.325 e. The van der Waals surface area contributed by atoms with Crippen LogP contribution in [0.15, 0.2) is 36.4 Å². The molecule has 2 heterocycles. The summed E-state index contributed by atoms with van der Waals surface area (Å²) in [7, 11) is 0. The minimum absolute atomic E-state index is 0.0159. The zero-order valence-electron chi connectivity index (χ0n) is 19.5. The third-order valence-electron chi connectivity index (χ3n) is 6.31. The second kappa shape index (κ2) is 6.50. The molecule has 2 aliphatic rings. The average Bonchev–Trinajstić information content (AvgIpc) is 2.58. The lowest BCUT2D eigenvalue weighted by Crippen LogP contribution is -2.65. The van der Waals surface area contributed by atoms with Crippen LogP contribution in [0.1, 0.15) is 83.2 Å². The Morgan fingerprint density at radius 3 is 2.37 bits per heavy atom. The third-order valence-corrected chi connectivity index (χ3v) is 6.31. The van der Waals surface area contributed by atoms with Gasteiger partial charge in [-0.15, -0.1) is 0 Å². The molecule has 2 amide bonds. The number of rotatable bonds is 1. The van der Waals surface area contributed by atoms with Crippen LogP contribution in [0.3, 0.4) is 0 Å². The van der Waals surface area contributed by atoms with E-state index in [2.05, 4.69) is 59.0 Å². The van der Waals surface area contributed by atoms with Gasteiger partial charge >= 0.3 is 6.03 Å². The van der Waals surface area contributed by atoms with Crippen LogP contribution < -0.4 is 15.0 Å². The van der Waals surface area contributed by atoms with Gasteiger partial charge in [0.05, 0.1) is 6.04 Å². The van der Waals surface area contributed by atoms with Crippen LogP contribution >= 0.6 is 0 Å². The van der Waals surface area contributed by atoms with Gasteiger partial charge in [-0.2, -0.15) is 0 Å². The van der Waals surface area contributed by atoms with Crippen LogP contribution in [0.4, 0.5) is 10.5 Å². The van der Waals surface area contributed by atoms with Crippen molar-refractivity contribution in [2.24, 2.45) is 0 Å². The summed E-state index contributed by atoms with van der Waals surface area (Å²) >= 11 is 0. The second-order valence-electron chi connectivity index (χ2n) is 11.1. The fourth-order valence-electron chi connectivity index (χ4n) is 4.62. The van der Waals surface area contributed by atoms with Crippen LogP contribution in [0.2, 0.25) is 0 Å². The lowest BCUT2D eigenvalue weighted by atomic mass is 9.76. The highest BCUT2D eigenvalue weighted by Crippen LogP contribution is 2.50. The Morgan fingerprint density at radius 2 is 1.77 bits per heavy atom. The molecule has 1 N–H and O–H groups in total. The van der Waals surface area contributed by atoms with E-state index in [4.69, 9.17) is 4.74 Å². The van der Waals surface area contributed by atoms with Crippen molar-refractivity contribution in [3.63, 3.8) is 0 Å². The molecule has 1 fully saturated rings. The van der Waals surface area contributed by atoms with Gasteiger partial charge in [-0.1, -0.05) is 59.7 Å². The molecule has 2 aromatic rings. The van der Waals surface area contributed by atoms with Crippen LogP contribution in [0.5, 0.6) is 5.75 Å². The van der Waals surface area contributed by atoms with Crippen molar-refractivity contribution in [3.8, 4) is 5.75 Å². The molecule has 4 rings (SSSR count). The summed E-state index contributed by atoms with van der Waals surface area (Å²) in [6.45, 7) is 17.4. The van der Waals surface area contributed by atoms with Gasteiger partial charge in [-0.25, -0.2) is 4.79 Å². The largest absolute Gasteiger partial charge is 0.467 e. The smallest absolute Gasteiger partial charge is 0.325 e. The average molecular weight is 407 g/mol. The number of ether oxygens (including phenoxy) is 1. The quantitative estimate of drug-likeness (QED) is 0.599. The Kier molecular flexibility index (Phi) is 4.50. The molecule has 2 aliphatic heterocycles. The Hall–Kier alpha value is -2.49. The zero-order valence-corrected chi connectivity index (χ0v) is 19.5. The number of aryl methyl sites for hydroxylation is 1. The highest BCUT2D eigenvalue weighted by molar-refractivity contribution is 5.95. The summed E-state index contributed by atoms with van der Waals surface area (Å²) in [6, 6.07) is 12.4. The standard InChI is InChI=1S/C26H34N2O2/c1-16-10-9-11-18(12-16)28-23(29)27-21-15-26(28,8)30-22-19(21)13-17(24(2,3)4)14-20(22)25(5,6)7/h9-14,21H,15H2,1-8H3,(H,27,29). The van der Waals surface area contributed by atoms with E-state index in [9.17, 15) is 4.79 Å². The van der Waals surface area contributed by atoms with Crippen molar-refractivity contribution < 1.29 is 9.53 Å². The molecule has 160 valence electrons. The molecule has 2 unspecified atom stereocenters. The number of anilines is 1. The first-order valence-corrected chi connectivity index (χ1v) is 10.8. The van der Waals surface area contributed by atoms with Crippen molar-refractivity contribution in [2.75, 3.05) is 4.90 Å². The van der Waals surface area contributed by atoms with E-state index >= 15 is 0 Å². The van der Waals surface area contributed by atoms with E-state index < -0.39 is 5.72 Å². The van der Waals surface area contributed by atoms with Crippen molar-refractivity contribution in [2.45, 2.75) is 84.4 Å². The van der Waals surface area contributed by atoms with Gasteiger partial charge in [0.2, 0.25) is 0 Å². The first kappa shape index (κ1) is 20.8. The highest BCUT2D eigenvalue weighted by atomic mass is 16.5. The van der Waals surface area contributed by atoms with E-state index in [0.29, 0.717) is 6.42 Å². The molecular weight excluding hydrogens is 372 g/mol. The van der Waals surface area contributed by atoms with E-state index in [0.717, 1.165) is 22.6 Å². The van der Waals surface area contributed by atoms with Gasteiger partial charge in [0.1, 0.15) is 5.75 Å². The molecule has 0 radical (unpaired) electrons. The fourth-order valence-corrected chi connectivity index (χ4v) is 4.62. The van der Waals surface area contributed by atoms with Crippen molar-refractivity contribution >= 4 is 11.7 Å². The van der Waals surface area contributed by atoms with Gasteiger partial charge in [-0.3, -0.25) is 4.90 Å². The number of benzene rings is 2. The van der Waals surface area contributed by atoms with Crippen molar-refractivity contribution in [1.82, 2.24) is 5.32 Å². The molecular formula is C26H34N2O2. The van der Waals surface area contributed by atoms with Crippen LogP contribution in [0, 0.1) is 6.92 Å². The molecule has 2 aromatic carbocycles. The molecule has 0 aliphatic carbocycles. The molecule has 2 atom stereocenters. The highest BCUT2D eigenvalue weighted by Gasteiger charge is 2.51. The van der Waals surface area contributed by atoms with Gasteiger partial charge in [0.25, 0.3) is 0 Å². The van der Waals surface area contributed by atoms with Crippen molar-refractivity contribution in [3.05, 3.63) is 58.7 Å². The van der Waals surface area contributed by atoms with E-state index in [1.54, 1.807) is 4.90 Å². The van der Waals surface area contributed by atoms with Gasteiger partial charge < -0.3 is 10.1 Å². The topological polar surface area (TPSA) is 41.6 Å². The SMILES string of the molecule is Cc1cccc(N2C(=O)NC3CC2(C)Oc2c3cc(C(C)(C)C)cc2C(C)(C)C)c1. The molecule has 1 saturated heterocycles. The van der Waals surface area contributed by atoms with Crippen LogP contribution in [-0.4, -0.2) is 11.8 Å². The molecule has 0 spiro atoms. The fraction of sp³-hybridized carbons (Fsp3) is 0.500. The molecule has 4 heteroatoms. The van der Waals surface area contributed by atoms with E-state index in [1.807, 2.05) is 38.1 Å². The number of fused-ring (bicyclic) bond motifs is 4. The molecule has 0 aromatic heterocycles. The minimum Gasteiger partial charge on any atom is -0.467 e. The maximum absolute atomic E-state index is 13.2. The molecule has 0 saturated carbocycles. The predicted octanol–water partition coefficient (Wildman–Crippen LogP) is 6.36. The number of amides is 2. The number of carbonyl (C=O) groups is 1. The predicted molar refractivity (Wildman–Crippen MR) is 122 cm³/mol. The number of hydrogen-bond acceptors (Lipinski definition) is 2. The van der Waals surface area contributed by atoms with E-state index in [-0.39, 0.29) is 22.9 Å². The van der Waals surface area contributed by atoms with Crippen LogP contribution in [0.25, 0.3) is 0 Å². The molecule has 2 bridgehead atoms. The van der Waals surface area contributed by atoms with Crippen molar-refractivity contribution in [1.29, 1.82) is 0 Å². The Bertz CT molecular complexity index is 1010. The lowest BCUT2D eigenvalue weighted by Gasteiger charge is -2.51. The first-order chi connectivity index (χ1) is 13.8. The number of urea groups is 1. The maximum atomic E-state index is 13.2. The van der Waals surface area contributed by atoms with Gasteiger partial charge in [0.15, 0.2) is 5.72 Å². The second-order valence-corrected chi connectivity index (χ2v) is 11.1. The van der Waals surface area contributed by atoms with E-state index in [1.165, 1.54) is 11.1 Å². The minimum atomic E-state index is -0.739. The van der Waals surface area contributed by atoms with Gasteiger partial charge in [0, 0.05) is 23.2 Å². The Balaban J connectivity index is 1.89. The lowest BCUT2D eigenvalue weighted by molar-refractivity contribution is 0.0358. The number of nitrogens with zero attached hydrogens (tertiary/aromatic N) is 1. The number of nitrogens with one attached hydrogen (secondary N) is 1. The molecule has 30 heavy (non-hydrogen) atoms. The van der Waals surface area contributed by atoms with Crippen LogP contribution in [-0.2, 0) is 10.8 Å². The number of carbonyl (C=O) groups excluding carboxylic acids is 1. The van der Waals surface area contributed by atoms with Gasteiger partial charge in [-0.05, 0) is 54.0 Å². The summed E-state index contributed by atoms with van der Waals surface area (Å²) < 4.78 is 6.76. The third kappa shape index (κ3) is 3.36. The number of hydrogen-bond donors (Lipinski definition) is 1. The Morgan fingerprint density at radius 1 is 1.07 bits per heavy atom. The Labute approximate surface area is 180 Å². The summed E-state index contributed by atoms with van der Waals surface area (Å²) in [5, 5.41) is 3.26.